The minimum absolute atomic E-state index is 0.617. The van der Waals surface area contributed by atoms with Crippen molar-refractivity contribution in [2.24, 2.45) is 0 Å². The summed E-state index contributed by atoms with van der Waals surface area (Å²) in [6.07, 6.45) is 7.07. The molecule has 1 aromatic heterocycles. The molecule has 2 nitrogen and oxygen atoms in total. The van der Waals surface area contributed by atoms with Gasteiger partial charge in [0.15, 0.2) is 0 Å². The van der Waals surface area contributed by atoms with Crippen molar-refractivity contribution in [2.45, 2.75) is 38.5 Å². The third-order valence-electron chi connectivity index (χ3n) is 2.66. The molecule has 0 bridgehead atoms. The quantitative estimate of drug-likeness (QED) is 0.754. The van der Waals surface area contributed by atoms with Crippen LogP contribution in [-0.4, -0.2) is 9.97 Å². The first-order valence-electron chi connectivity index (χ1n) is 4.76. The zero-order valence-electron chi connectivity index (χ0n) is 7.76. The predicted molar refractivity (Wildman–Crippen MR) is 55.7 cm³/mol. The fourth-order valence-corrected chi connectivity index (χ4v) is 2.04. The highest BCUT2D eigenvalue weighted by Crippen LogP contribution is 2.32. The maximum Gasteiger partial charge on any atom is 0.131 e. The van der Waals surface area contributed by atoms with Gasteiger partial charge in [-0.25, -0.2) is 9.97 Å². The predicted octanol–water partition coefficient (Wildman–Crippen LogP) is 3.21. The lowest BCUT2D eigenvalue weighted by Crippen LogP contribution is -2.01. The largest absolute Gasteiger partial charge is 0.240 e. The molecule has 0 aromatic carbocycles. The monoisotopic (exact) mass is 240 g/mol. The third-order valence-corrected chi connectivity index (χ3v) is 3.44. The molecule has 0 aliphatic heterocycles. The molecular formula is C10H13BrN2. The van der Waals surface area contributed by atoms with Crippen molar-refractivity contribution in [1.29, 1.82) is 0 Å². The average Bonchev–Trinajstić information content (AvgIpc) is 2.62. The van der Waals surface area contributed by atoms with Crippen LogP contribution in [0.2, 0.25) is 0 Å². The van der Waals surface area contributed by atoms with Gasteiger partial charge in [-0.05, 0) is 35.7 Å². The first kappa shape index (κ1) is 9.13. The van der Waals surface area contributed by atoms with Crippen LogP contribution in [0.25, 0.3) is 0 Å². The number of aryl methyl sites for hydroxylation is 1. The van der Waals surface area contributed by atoms with Crippen LogP contribution in [0.15, 0.2) is 10.7 Å². The Balaban J connectivity index is 2.25. The lowest BCUT2D eigenvalue weighted by Gasteiger charge is -2.07. The molecule has 0 spiro atoms. The number of rotatable bonds is 1. The zero-order valence-corrected chi connectivity index (χ0v) is 9.34. The molecule has 13 heavy (non-hydrogen) atoms. The fourth-order valence-electron chi connectivity index (χ4n) is 1.85. The molecule has 0 N–H and O–H groups in total. The van der Waals surface area contributed by atoms with Gasteiger partial charge in [0, 0.05) is 12.1 Å². The molecule has 0 saturated heterocycles. The Labute approximate surface area is 86.9 Å². The van der Waals surface area contributed by atoms with E-state index >= 15 is 0 Å². The molecule has 1 aliphatic carbocycles. The van der Waals surface area contributed by atoms with E-state index in [1.54, 1.807) is 0 Å². The average molecular weight is 241 g/mol. The van der Waals surface area contributed by atoms with Gasteiger partial charge in [-0.2, -0.15) is 0 Å². The summed E-state index contributed by atoms with van der Waals surface area (Å²) in [7, 11) is 0. The summed E-state index contributed by atoms with van der Waals surface area (Å²) in [6.45, 7) is 2.02. The fraction of sp³-hybridized carbons (Fsp3) is 0.600. The topological polar surface area (TPSA) is 25.8 Å². The van der Waals surface area contributed by atoms with Crippen LogP contribution < -0.4 is 0 Å². The molecule has 0 radical (unpaired) electrons. The van der Waals surface area contributed by atoms with Crippen molar-refractivity contribution in [1.82, 2.24) is 9.97 Å². The molecule has 70 valence electrons. The van der Waals surface area contributed by atoms with E-state index in [2.05, 4.69) is 25.9 Å². The Morgan fingerprint density at radius 1 is 1.38 bits per heavy atom. The van der Waals surface area contributed by atoms with Gasteiger partial charge in [0.25, 0.3) is 0 Å². The second-order valence-corrected chi connectivity index (χ2v) is 4.50. The summed E-state index contributed by atoms with van der Waals surface area (Å²) in [5.41, 5.74) is 1.05. The summed E-state index contributed by atoms with van der Waals surface area (Å²) in [5, 5.41) is 0. The second-order valence-electron chi connectivity index (χ2n) is 3.64. The van der Waals surface area contributed by atoms with E-state index in [0.29, 0.717) is 5.92 Å². The maximum absolute atomic E-state index is 4.50. The van der Waals surface area contributed by atoms with E-state index in [4.69, 9.17) is 0 Å². The highest BCUT2D eigenvalue weighted by molar-refractivity contribution is 9.10. The van der Waals surface area contributed by atoms with Crippen LogP contribution in [-0.2, 0) is 0 Å². The molecule has 1 fully saturated rings. The van der Waals surface area contributed by atoms with Crippen LogP contribution in [0.3, 0.4) is 0 Å². The van der Waals surface area contributed by atoms with Crippen molar-refractivity contribution in [3.05, 3.63) is 22.2 Å². The lowest BCUT2D eigenvalue weighted by molar-refractivity contribution is 0.662. The van der Waals surface area contributed by atoms with Crippen LogP contribution in [0.4, 0.5) is 0 Å². The van der Waals surface area contributed by atoms with Gasteiger partial charge in [-0.15, -0.1) is 0 Å². The van der Waals surface area contributed by atoms with E-state index in [0.717, 1.165) is 16.0 Å². The smallest absolute Gasteiger partial charge is 0.131 e. The van der Waals surface area contributed by atoms with Crippen molar-refractivity contribution in [3.8, 4) is 0 Å². The molecule has 1 aromatic rings. The number of halogens is 1. The van der Waals surface area contributed by atoms with Crippen molar-refractivity contribution in [3.63, 3.8) is 0 Å². The van der Waals surface area contributed by atoms with Crippen LogP contribution in [0.5, 0.6) is 0 Å². The van der Waals surface area contributed by atoms with Crippen molar-refractivity contribution in [2.75, 3.05) is 0 Å². The number of hydrogen-bond acceptors (Lipinski definition) is 2. The van der Waals surface area contributed by atoms with Gasteiger partial charge < -0.3 is 0 Å². The third kappa shape index (κ3) is 1.90. The molecule has 1 aliphatic rings. The summed E-state index contributed by atoms with van der Waals surface area (Å²) in [4.78, 5) is 8.86. The Morgan fingerprint density at radius 3 is 2.69 bits per heavy atom. The summed E-state index contributed by atoms with van der Waals surface area (Å²) < 4.78 is 1.01. The summed E-state index contributed by atoms with van der Waals surface area (Å²) in [6, 6.07) is 0. The standard InChI is InChI=1S/C10H13BrN2/c1-7-9(11)6-12-10(13-7)8-4-2-3-5-8/h6,8H,2-5H2,1H3. The van der Waals surface area contributed by atoms with Gasteiger partial charge in [-0.1, -0.05) is 12.8 Å². The zero-order chi connectivity index (χ0) is 9.26. The van der Waals surface area contributed by atoms with E-state index in [1.807, 2.05) is 13.1 Å². The van der Waals surface area contributed by atoms with Gasteiger partial charge in [0.05, 0.1) is 10.2 Å². The molecule has 1 heterocycles. The Hall–Kier alpha value is -0.440. The number of hydrogen-bond donors (Lipinski definition) is 0. The number of aromatic nitrogens is 2. The molecular weight excluding hydrogens is 228 g/mol. The molecule has 0 atom stereocenters. The molecule has 0 amide bonds. The first-order chi connectivity index (χ1) is 6.27. The van der Waals surface area contributed by atoms with Crippen molar-refractivity contribution >= 4 is 15.9 Å². The highest BCUT2D eigenvalue weighted by Gasteiger charge is 2.19. The van der Waals surface area contributed by atoms with E-state index in [1.165, 1.54) is 25.7 Å². The molecule has 1 saturated carbocycles. The summed E-state index contributed by atoms with van der Waals surface area (Å²) in [5.74, 6) is 1.66. The molecule has 3 heteroatoms. The van der Waals surface area contributed by atoms with E-state index in [9.17, 15) is 0 Å². The SMILES string of the molecule is Cc1nc(C2CCCC2)ncc1Br. The molecule has 0 unspecified atom stereocenters. The van der Waals surface area contributed by atoms with E-state index < -0.39 is 0 Å². The first-order valence-corrected chi connectivity index (χ1v) is 5.55. The van der Waals surface area contributed by atoms with Gasteiger partial charge in [-0.3, -0.25) is 0 Å². The maximum atomic E-state index is 4.50. The Kier molecular flexibility index (Phi) is 2.63. The van der Waals surface area contributed by atoms with Crippen LogP contribution >= 0.6 is 15.9 Å². The minimum atomic E-state index is 0.617. The molecule has 2 rings (SSSR count). The Morgan fingerprint density at radius 2 is 2.08 bits per heavy atom. The van der Waals surface area contributed by atoms with Gasteiger partial charge >= 0.3 is 0 Å². The second kappa shape index (κ2) is 3.74. The number of nitrogens with zero attached hydrogens (tertiary/aromatic N) is 2. The normalized spacial score (nSPS) is 18.0. The van der Waals surface area contributed by atoms with Crippen LogP contribution in [0, 0.1) is 6.92 Å². The van der Waals surface area contributed by atoms with Crippen molar-refractivity contribution < 1.29 is 0 Å². The highest BCUT2D eigenvalue weighted by atomic mass is 79.9. The lowest BCUT2D eigenvalue weighted by atomic mass is 10.1. The van der Waals surface area contributed by atoms with Crippen LogP contribution in [0.1, 0.15) is 43.1 Å². The van der Waals surface area contributed by atoms with Gasteiger partial charge in [0.2, 0.25) is 0 Å². The Bertz CT molecular complexity index is 306. The minimum Gasteiger partial charge on any atom is -0.240 e. The van der Waals surface area contributed by atoms with Gasteiger partial charge in [0.1, 0.15) is 5.82 Å². The van der Waals surface area contributed by atoms with E-state index in [-0.39, 0.29) is 0 Å². The summed E-state index contributed by atoms with van der Waals surface area (Å²) >= 11 is 3.41.